The van der Waals surface area contributed by atoms with Crippen LogP contribution in [0.2, 0.25) is 5.02 Å². The Hall–Kier alpha value is -2.64. The van der Waals surface area contributed by atoms with Crippen molar-refractivity contribution in [1.82, 2.24) is 4.90 Å². The van der Waals surface area contributed by atoms with E-state index in [4.69, 9.17) is 21.1 Å². The van der Waals surface area contributed by atoms with Crippen LogP contribution in [-0.2, 0) is 17.9 Å². The van der Waals surface area contributed by atoms with Gasteiger partial charge in [0.2, 0.25) is 0 Å². The fourth-order valence-electron chi connectivity index (χ4n) is 2.58. The van der Waals surface area contributed by atoms with Gasteiger partial charge in [-0.15, -0.1) is 0 Å². The van der Waals surface area contributed by atoms with Crippen molar-refractivity contribution in [3.63, 3.8) is 0 Å². The maximum absolute atomic E-state index is 12.8. The SMILES string of the molecule is CCOCc1cc(C(=O)N(C)Cc2cc([N+](=O)[O-])ccc2Cl)ccc1OC. The van der Waals surface area contributed by atoms with Gasteiger partial charge in [0.05, 0.1) is 18.6 Å². The van der Waals surface area contributed by atoms with Gasteiger partial charge in [0.15, 0.2) is 0 Å². The lowest BCUT2D eigenvalue weighted by Crippen LogP contribution is -2.26. The zero-order valence-electron chi connectivity index (χ0n) is 15.4. The number of non-ortho nitro benzene ring substituents is 1. The number of rotatable bonds is 8. The van der Waals surface area contributed by atoms with Gasteiger partial charge in [-0.2, -0.15) is 0 Å². The highest BCUT2D eigenvalue weighted by atomic mass is 35.5. The van der Waals surface area contributed by atoms with Gasteiger partial charge in [-0.1, -0.05) is 11.6 Å². The molecule has 0 aliphatic carbocycles. The number of nitro groups is 1. The van der Waals surface area contributed by atoms with Gasteiger partial charge in [0, 0.05) is 48.5 Å². The molecule has 0 unspecified atom stereocenters. The normalized spacial score (nSPS) is 10.5. The number of carbonyl (C=O) groups is 1. The summed E-state index contributed by atoms with van der Waals surface area (Å²) in [7, 11) is 3.17. The predicted molar refractivity (Wildman–Crippen MR) is 102 cm³/mol. The van der Waals surface area contributed by atoms with Crippen molar-refractivity contribution in [2.75, 3.05) is 20.8 Å². The molecule has 8 heteroatoms. The lowest BCUT2D eigenvalue weighted by atomic mass is 10.1. The highest BCUT2D eigenvalue weighted by Gasteiger charge is 2.17. The van der Waals surface area contributed by atoms with Crippen LogP contribution >= 0.6 is 11.6 Å². The third-order valence-electron chi connectivity index (χ3n) is 3.98. The van der Waals surface area contributed by atoms with E-state index in [1.807, 2.05) is 6.92 Å². The fraction of sp³-hybridized carbons (Fsp3) is 0.316. The van der Waals surface area contributed by atoms with E-state index in [1.165, 1.54) is 23.1 Å². The van der Waals surface area contributed by atoms with Crippen LogP contribution in [0.4, 0.5) is 5.69 Å². The first-order chi connectivity index (χ1) is 12.9. The number of methoxy groups -OCH3 is 1. The maximum Gasteiger partial charge on any atom is 0.269 e. The number of ether oxygens (including phenoxy) is 2. The summed E-state index contributed by atoms with van der Waals surface area (Å²) in [5.74, 6) is 0.405. The van der Waals surface area contributed by atoms with E-state index in [0.29, 0.717) is 35.1 Å². The Balaban J connectivity index is 2.22. The van der Waals surface area contributed by atoms with Crippen LogP contribution in [0.3, 0.4) is 0 Å². The molecule has 0 bridgehead atoms. The first-order valence-electron chi connectivity index (χ1n) is 8.30. The molecule has 0 aliphatic rings. The maximum atomic E-state index is 12.8. The van der Waals surface area contributed by atoms with Gasteiger partial charge in [0.1, 0.15) is 5.75 Å². The van der Waals surface area contributed by atoms with E-state index in [2.05, 4.69) is 0 Å². The minimum Gasteiger partial charge on any atom is -0.496 e. The largest absolute Gasteiger partial charge is 0.496 e. The third kappa shape index (κ3) is 5.18. The molecule has 2 aromatic rings. The molecule has 0 fully saturated rings. The smallest absolute Gasteiger partial charge is 0.269 e. The molecule has 0 heterocycles. The Labute approximate surface area is 162 Å². The van der Waals surface area contributed by atoms with Crippen molar-refractivity contribution in [2.45, 2.75) is 20.1 Å². The number of amides is 1. The minimum absolute atomic E-state index is 0.0707. The van der Waals surface area contributed by atoms with Crippen molar-refractivity contribution in [1.29, 1.82) is 0 Å². The van der Waals surface area contributed by atoms with Crippen LogP contribution < -0.4 is 4.74 Å². The van der Waals surface area contributed by atoms with Gasteiger partial charge in [-0.3, -0.25) is 14.9 Å². The summed E-state index contributed by atoms with van der Waals surface area (Å²) in [5.41, 5.74) is 1.67. The number of nitrogens with zero attached hydrogens (tertiary/aromatic N) is 2. The molecule has 0 radical (unpaired) electrons. The molecule has 2 aromatic carbocycles. The zero-order chi connectivity index (χ0) is 20.0. The molecular formula is C19H21ClN2O5. The van der Waals surface area contributed by atoms with E-state index < -0.39 is 4.92 Å². The molecule has 0 aromatic heterocycles. The lowest BCUT2D eigenvalue weighted by Gasteiger charge is -2.19. The quantitative estimate of drug-likeness (QED) is 0.499. The summed E-state index contributed by atoms with van der Waals surface area (Å²) < 4.78 is 10.7. The molecule has 0 spiro atoms. The van der Waals surface area contributed by atoms with Crippen LogP contribution in [-0.4, -0.2) is 36.5 Å². The second-order valence-electron chi connectivity index (χ2n) is 5.86. The predicted octanol–water partition coefficient (Wildman–Crippen LogP) is 4.07. The Morgan fingerprint density at radius 1 is 1.22 bits per heavy atom. The summed E-state index contributed by atoms with van der Waals surface area (Å²) in [4.78, 5) is 24.7. The van der Waals surface area contributed by atoms with E-state index in [-0.39, 0.29) is 18.1 Å². The average Bonchev–Trinajstić information content (AvgIpc) is 2.66. The Kier molecular flexibility index (Phi) is 7.15. The first-order valence-corrected chi connectivity index (χ1v) is 8.68. The second-order valence-corrected chi connectivity index (χ2v) is 6.27. The standard InChI is InChI=1S/C19H21ClN2O5/c1-4-27-12-15-9-13(5-8-18(15)26-3)19(23)21(2)11-14-10-16(22(24)25)6-7-17(14)20/h5-10H,4,11-12H2,1-3H3. The van der Waals surface area contributed by atoms with Crippen LogP contribution in [0.25, 0.3) is 0 Å². The summed E-state index contributed by atoms with van der Waals surface area (Å²) in [6, 6.07) is 9.28. The van der Waals surface area contributed by atoms with Crippen molar-refractivity contribution < 1.29 is 19.2 Å². The lowest BCUT2D eigenvalue weighted by molar-refractivity contribution is -0.384. The highest BCUT2D eigenvalue weighted by molar-refractivity contribution is 6.31. The molecule has 0 atom stereocenters. The van der Waals surface area contributed by atoms with Gasteiger partial charge in [-0.25, -0.2) is 0 Å². The Bertz CT molecular complexity index is 841. The first kappa shape index (κ1) is 20.7. The Morgan fingerprint density at radius 2 is 1.96 bits per heavy atom. The summed E-state index contributed by atoms with van der Waals surface area (Å²) in [6.07, 6.45) is 0. The molecule has 0 saturated carbocycles. The van der Waals surface area contributed by atoms with E-state index in [9.17, 15) is 14.9 Å². The van der Waals surface area contributed by atoms with Crippen molar-refractivity contribution in [3.8, 4) is 5.75 Å². The summed E-state index contributed by atoms with van der Waals surface area (Å²) >= 11 is 6.12. The number of hydrogen-bond donors (Lipinski definition) is 0. The van der Waals surface area contributed by atoms with Gasteiger partial charge >= 0.3 is 0 Å². The van der Waals surface area contributed by atoms with Crippen molar-refractivity contribution in [3.05, 3.63) is 68.2 Å². The molecule has 0 saturated heterocycles. The highest BCUT2D eigenvalue weighted by Crippen LogP contribution is 2.25. The molecule has 2 rings (SSSR count). The zero-order valence-corrected chi connectivity index (χ0v) is 16.2. The van der Waals surface area contributed by atoms with Gasteiger partial charge < -0.3 is 14.4 Å². The fourth-order valence-corrected chi connectivity index (χ4v) is 2.76. The molecule has 1 amide bonds. The third-order valence-corrected chi connectivity index (χ3v) is 4.35. The molecule has 0 aliphatic heterocycles. The van der Waals surface area contributed by atoms with E-state index in [0.717, 1.165) is 5.56 Å². The minimum atomic E-state index is -0.495. The monoisotopic (exact) mass is 392 g/mol. The number of benzene rings is 2. The summed E-state index contributed by atoms with van der Waals surface area (Å²) in [6.45, 7) is 2.91. The average molecular weight is 393 g/mol. The number of carbonyl (C=O) groups excluding carboxylic acids is 1. The van der Waals surface area contributed by atoms with E-state index in [1.54, 1.807) is 32.4 Å². The molecule has 144 valence electrons. The van der Waals surface area contributed by atoms with E-state index >= 15 is 0 Å². The van der Waals surface area contributed by atoms with Crippen molar-refractivity contribution in [2.24, 2.45) is 0 Å². The molecule has 0 N–H and O–H groups in total. The van der Waals surface area contributed by atoms with Crippen LogP contribution in [0.1, 0.15) is 28.4 Å². The molecular weight excluding hydrogens is 372 g/mol. The topological polar surface area (TPSA) is 81.9 Å². The van der Waals surface area contributed by atoms with Gasteiger partial charge in [0.25, 0.3) is 11.6 Å². The number of hydrogen-bond acceptors (Lipinski definition) is 5. The van der Waals surface area contributed by atoms with Crippen LogP contribution in [0, 0.1) is 10.1 Å². The molecule has 7 nitrogen and oxygen atoms in total. The van der Waals surface area contributed by atoms with Crippen LogP contribution in [0.5, 0.6) is 5.75 Å². The number of halogens is 1. The second kappa shape index (κ2) is 9.34. The summed E-state index contributed by atoms with van der Waals surface area (Å²) in [5, 5.41) is 11.3. The van der Waals surface area contributed by atoms with Gasteiger partial charge in [-0.05, 0) is 36.8 Å². The van der Waals surface area contributed by atoms with Crippen LogP contribution in [0.15, 0.2) is 36.4 Å². The van der Waals surface area contributed by atoms with Crippen molar-refractivity contribution >= 4 is 23.2 Å². The molecule has 27 heavy (non-hydrogen) atoms. The Morgan fingerprint density at radius 3 is 2.59 bits per heavy atom. The number of nitro benzene ring substituents is 1.